The van der Waals surface area contributed by atoms with E-state index in [1.807, 2.05) is 32.4 Å². The van der Waals surface area contributed by atoms with Crippen molar-refractivity contribution in [3.63, 3.8) is 0 Å². The van der Waals surface area contributed by atoms with E-state index < -0.39 is 4.75 Å². The van der Waals surface area contributed by atoms with E-state index in [1.165, 1.54) is 11.8 Å². The van der Waals surface area contributed by atoms with Crippen LogP contribution in [0.3, 0.4) is 0 Å². The lowest BCUT2D eigenvalue weighted by Crippen LogP contribution is -2.12. The second kappa shape index (κ2) is 3.38. The Balaban J connectivity index is 2.88. The Morgan fingerprint density at radius 3 is 2.46 bits per heavy atom. The maximum atomic E-state index is 8.82. The van der Waals surface area contributed by atoms with Gasteiger partial charge < -0.3 is 4.57 Å². The van der Waals surface area contributed by atoms with Crippen molar-refractivity contribution in [1.29, 1.82) is 5.26 Å². The maximum Gasteiger partial charge on any atom is 0.192 e. The first-order valence-electron chi connectivity index (χ1n) is 3.92. The normalized spacial score (nSPS) is 11.3. The predicted molar refractivity (Wildman–Crippen MR) is 51.3 cm³/mol. The van der Waals surface area contributed by atoms with Gasteiger partial charge in [-0.25, -0.2) is 0 Å². The van der Waals surface area contributed by atoms with Gasteiger partial charge in [0.25, 0.3) is 0 Å². The summed E-state index contributed by atoms with van der Waals surface area (Å²) in [5.41, 5.74) is 0. The summed E-state index contributed by atoms with van der Waals surface area (Å²) in [6.07, 6.45) is 0. The van der Waals surface area contributed by atoms with Crippen LogP contribution in [0.1, 0.15) is 19.7 Å². The van der Waals surface area contributed by atoms with Crippen LogP contribution in [0.15, 0.2) is 5.16 Å². The molecular formula is C8H12N4S. The molecule has 0 saturated carbocycles. The Morgan fingerprint density at radius 1 is 1.46 bits per heavy atom. The van der Waals surface area contributed by atoms with Crippen molar-refractivity contribution >= 4 is 11.8 Å². The molecule has 0 aliphatic heterocycles. The number of aromatic nitrogens is 3. The molecule has 0 aliphatic rings. The van der Waals surface area contributed by atoms with Crippen molar-refractivity contribution in [3.8, 4) is 6.07 Å². The Labute approximate surface area is 82.0 Å². The molecule has 0 unspecified atom stereocenters. The van der Waals surface area contributed by atoms with Crippen LogP contribution < -0.4 is 0 Å². The SMILES string of the molecule is Cc1nnc(SC(C)(C)C#N)n1C. The van der Waals surface area contributed by atoms with Crippen LogP contribution in [0, 0.1) is 18.3 Å². The number of hydrogen-bond acceptors (Lipinski definition) is 4. The second-order valence-corrected chi connectivity index (χ2v) is 4.90. The standard InChI is InChI=1S/C8H12N4S/c1-6-10-11-7(12(6)4)13-8(2,3)5-9/h1-4H3. The fraction of sp³-hybridized carbons (Fsp3) is 0.625. The predicted octanol–water partition coefficient (Wildman–Crippen LogP) is 1.52. The lowest BCUT2D eigenvalue weighted by atomic mass is 10.2. The molecule has 1 rings (SSSR count). The average Bonchev–Trinajstić information content (AvgIpc) is 2.36. The molecule has 0 N–H and O–H groups in total. The molecule has 0 fully saturated rings. The number of rotatable bonds is 2. The molecule has 0 atom stereocenters. The minimum absolute atomic E-state index is 0.451. The van der Waals surface area contributed by atoms with E-state index in [1.54, 1.807) is 0 Å². The average molecular weight is 196 g/mol. The highest BCUT2D eigenvalue weighted by atomic mass is 32.2. The van der Waals surface area contributed by atoms with Crippen LogP contribution in [-0.2, 0) is 7.05 Å². The Morgan fingerprint density at radius 2 is 2.08 bits per heavy atom. The van der Waals surface area contributed by atoms with Crippen molar-refractivity contribution in [1.82, 2.24) is 14.8 Å². The van der Waals surface area contributed by atoms with E-state index in [0.29, 0.717) is 0 Å². The molecule has 1 heterocycles. The van der Waals surface area contributed by atoms with Crippen molar-refractivity contribution < 1.29 is 0 Å². The van der Waals surface area contributed by atoms with E-state index in [2.05, 4.69) is 16.3 Å². The quantitative estimate of drug-likeness (QED) is 0.673. The van der Waals surface area contributed by atoms with E-state index in [-0.39, 0.29) is 0 Å². The monoisotopic (exact) mass is 196 g/mol. The molecule has 0 saturated heterocycles. The van der Waals surface area contributed by atoms with Crippen molar-refractivity contribution in [3.05, 3.63) is 5.82 Å². The Bertz CT molecular complexity index is 348. The van der Waals surface area contributed by atoms with Gasteiger partial charge >= 0.3 is 0 Å². The molecule has 0 spiro atoms. The minimum Gasteiger partial charge on any atom is -0.309 e. The molecule has 0 radical (unpaired) electrons. The molecule has 1 aromatic rings. The summed E-state index contributed by atoms with van der Waals surface area (Å²) >= 11 is 1.42. The highest BCUT2D eigenvalue weighted by Crippen LogP contribution is 2.29. The van der Waals surface area contributed by atoms with Gasteiger partial charge in [0, 0.05) is 7.05 Å². The molecule has 13 heavy (non-hydrogen) atoms. The van der Waals surface area contributed by atoms with Gasteiger partial charge in [0.2, 0.25) is 0 Å². The smallest absolute Gasteiger partial charge is 0.192 e. The van der Waals surface area contributed by atoms with Crippen molar-refractivity contribution in [2.45, 2.75) is 30.7 Å². The number of nitriles is 1. The van der Waals surface area contributed by atoms with Gasteiger partial charge in [0.05, 0.1) is 6.07 Å². The molecule has 4 nitrogen and oxygen atoms in total. The zero-order valence-corrected chi connectivity index (χ0v) is 9.01. The van der Waals surface area contributed by atoms with Crippen LogP contribution in [-0.4, -0.2) is 19.5 Å². The number of hydrogen-bond donors (Lipinski definition) is 0. The van der Waals surface area contributed by atoms with E-state index >= 15 is 0 Å². The molecule has 0 aromatic carbocycles. The first kappa shape index (κ1) is 10.1. The van der Waals surface area contributed by atoms with Crippen molar-refractivity contribution in [2.24, 2.45) is 7.05 Å². The third-order valence-corrected chi connectivity index (χ3v) is 2.81. The van der Waals surface area contributed by atoms with Gasteiger partial charge in [-0.1, -0.05) is 11.8 Å². The van der Waals surface area contributed by atoms with E-state index in [0.717, 1.165) is 11.0 Å². The van der Waals surface area contributed by atoms with Gasteiger partial charge in [0.15, 0.2) is 5.16 Å². The Hall–Kier alpha value is -1.02. The summed E-state index contributed by atoms with van der Waals surface area (Å²) < 4.78 is 1.43. The zero-order valence-electron chi connectivity index (χ0n) is 8.20. The van der Waals surface area contributed by atoms with Crippen LogP contribution in [0.5, 0.6) is 0 Å². The third-order valence-electron chi connectivity index (χ3n) is 1.67. The second-order valence-electron chi connectivity index (χ2n) is 3.31. The number of nitrogens with zero attached hydrogens (tertiary/aromatic N) is 4. The summed E-state index contributed by atoms with van der Waals surface area (Å²) in [4.78, 5) is 0. The van der Waals surface area contributed by atoms with E-state index in [4.69, 9.17) is 5.26 Å². The molecule has 70 valence electrons. The summed E-state index contributed by atoms with van der Waals surface area (Å²) in [6, 6.07) is 2.21. The fourth-order valence-electron chi connectivity index (χ4n) is 0.728. The minimum atomic E-state index is -0.451. The van der Waals surface area contributed by atoms with Gasteiger partial charge in [-0.15, -0.1) is 10.2 Å². The van der Waals surface area contributed by atoms with Crippen LogP contribution in [0.4, 0.5) is 0 Å². The summed E-state index contributed by atoms with van der Waals surface area (Å²) in [7, 11) is 1.89. The molecule has 1 aromatic heterocycles. The van der Waals surface area contributed by atoms with Gasteiger partial charge in [-0.3, -0.25) is 0 Å². The molecule has 5 heteroatoms. The summed E-state index contributed by atoms with van der Waals surface area (Å²) in [6.45, 7) is 5.61. The van der Waals surface area contributed by atoms with E-state index in [9.17, 15) is 0 Å². The first-order chi connectivity index (χ1) is 5.96. The topological polar surface area (TPSA) is 54.5 Å². The van der Waals surface area contributed by atoms with Crippen LogP contribution >= 0.6 is 11.8 Å². The number of thioether (sulfide) groups is 1. The summed E-state index contributed by atoms with van der Waals surface area (Å²) in [5, 5.41) is 17.5. The molecule has 0 amide bonds. The summed E-state index contributed by atoms with van der Waals surface area (Å²) in [5.74, 6) is 0.858. The van der Waals surface area contributed by atoms with Crippen molar-refractivity contribution in [2.75, 3.05) is 0 Å². The first-order valence-corrected chi connectivity index (χ1v) is 4.74. The highest BCUT2D eigenvalue weighted by molar-refractivity contribution is 8.00. The van der Waals surface area contributed by atoms with Crippen LogP contribution in [0.25, 0.3) is 0 Å². The van der Waals surface area contributed by atoms with Crippen LogP contribution in [0.2, 0.25) is 0 Å². The molecular weight excluding hydrogens is 184 g/mol. The van der Waals surface area contributed by atoms with Gasteiger partial charge in [0.1, 0.15) is 10.6 Å². The van der Waals surface area contributed by atoms with Gasteiger partial charge in [-0.2, -0.15) is 5.26 Å². The highest BCUT2D eigenvalue weighted by Gasteiger charge is 2.21. The maximum absolute atomic E-state index is 8.82. The zero-order chi connectivity index (χ0) is 10.1. The number of aryl methyl sites for hydroxylation is 1. The third kappa shape index (κ3) is 2.22. The Kier molecular flexibility index (Phi) is 2.62. The van der Waals surface area contributed by atoms with Gasteiger partial charge in [-0.05, 0) is 20.8 Å². The molecule has 0 bridgehead atoms. The lowest BCUT2D eigenvalue weighted by molar-refractivity contribution is 0.756. The fourth-order valence-corrected chi connectivity index (χ4v) is 1.58. The lowest BCUT2D eigenvalue weighted by Gasteiger charge is -2.12. The molecule has 0 aliphatic carbocycles. The largest absolute Gasteiger partial charge is 0.309 e.